The number of alkyl halides is 3. The molecule has 0 aromatic heterocycles. The first kappa shape index (κ1) is 14.0. The molecule has 0 heterocycles. The van der Waals surface area contributed by atoms with Gasteiger partial charge in [0.05, 0.1) is 11.7 Å². The third-order valence-corrected chi connectivity index (χ3v) is 2.70. The minimum absolute atomic E-state index is 0.550. The standard InChI is InChI=1S/C13H17F3O/c1-2-3-4-5-12(17)10-6-8-11(9-7-10)13(14,15)16/h6-9,12,17H,2-5H2,1H3/t12-/m1/s1. The minimum atomic E-state index is -4.31. The van der Waals surface area contributed by atoms with E-state index in [1.807, 2.05) is 0 Å². The topological polar surface area (TPSA) is 20.2 Å². The SMILES string of the molecule is CCCCC[C@@H](O)c1ccc(C(F)(F)F)cc1. The maximum absolute atomic E-state index is 12.3. The van der Waals surface area contributed by atoms with Crippen LogP contribution in [-0.2, 0) is 6.18 Å². The third-order valence-electron chi connectivity index (χ3n) is 2.70. The van der Waals surface area contributed by atoms with E-state index in [-0.39, 0.29) is 0 Å². The van der Waals surface area contributed by atoms with Crippen molar-refractivity contribution in [2.45, 2.75) is 44.9 Å². The Morgan fingerprint density at radius 1 is 1.12 bits per heavy atom. The average molecular weight is 246 g/mol. The average Bonchev–Trinajstić information content (AvgIpc) is 2.28. The summed E-state index contributed by atoms with van der Waals surface area (Å²) in [4.78, 5) is 0. The largest absolute Gasteiger partial charge is 0.416 e. The molecule has 0 aliphatic heterocycles. The van der Waals surface area contributed by atoms with E-state index in [9.17, 15) is 18.3 Å². The van der Waals surface area contributed by atoms with E-state index >= 15 is 0 Å². The Morgan fingerprint density at radius 3 is 2.18 bits per heavy atom. The highest BCUT2D eigenvalue weighted by atomic mass is 19.4. The van der Waals surface area contributed by atoms with Crippen molar-refractivity contribution in [2.24, 2.45) is 0 Å². The van der Waals surface area contributed by atoms with Gasteiger partial charge in [-0.15, -0.1) is 0 Å². The van der Waals surface area contributed by atoms with Gasteiger partial charge in [-0.1, -0.05) is 38.3 Å². The van der Waals surface area contributed by atoms with Crippen LogP contribution in [-0.4, -0.2) is 5.11 Å². The highest BCUT2D eigenvalue weighted by Gasteiger charge is 2.30. The van der Waals surface area contributed by atoms with Crippen molar-refractivity contribution in [3.63, 3.8) is 0 Å². The molecule has 17 heavy (non-hydrogen) atoms. The van der Waals surface area contributed by atoms with Crippen LogP contribution in [0.25, 0.3) is 0 Å². The number of hydrogen-bond acceptors (Lipinski definition) is 1. The maximum atomic E-state index is 12.3. The van der Waals surface area contributed by atoms with Crippen LogP contribution < -0.4 is 0 Å². The lowest BCUT2D eigenvalue weighted by Crippen LogP contribution is -2.05. The Bertz CT molecular complexity index is 330. The van der Waals surface area contributed by atoms with E-state index in [1.54, 1.807) is 0 Å². The van der Waals surface area contributed by atoms with Gasteiger partial charge >= 0.3 is 6.18 Å². The molecule has 0 saturated heterocycles. The Balaban J connectivity index is 2.61. The Hall–Kier alpha value is -1.03. The summed E-state index contributed by atoms with van der Waals surface area (Å²) < 4.78 is 36.9. The lowest BCUT2D eigenvalue weighted by atomic mass is 10.0. The lowest BCUT2D eigenvalue weighted by Gasteiger charge is -2.12. The molecule has 96 valence electrons. The monoisotopic (exact) mass is 246 g/mol. The van der Waals surface area contributed by atoms with Crippen molar-refractivity contribution in [1.82, 2.24) is 0 Å². The number of hydrogen-bond donors (Lipinski definition) is 1. The van der Waals surface area contributed by atoms with Crippen molar-refractivity contribution >= 4 is 0 Å². The van der Waals surface area contributed by atoms with Crippen molar-refractivity contribution in [1.29, 1.82) is 0 Å². The second-order valence-corrected chi connectivity index (χ2v) is 4.13. The molecule has 0 aliphatic carbocycles. The van der Waals surface area contributed by atoms with E-state index in [2.05, 4.69) is 6.92 Å². The zero-order valence-corrected chi connectivity index (χ0v) is 9.80. The fourth-order valence-corrected chi connectivity index (χ4v) is 1.65. The molecular formula is C13H17F3O. The van der Waals surface area contributed by atoms with Gasteiger partial charge in [-0.3, -0.25) is 0 Å². The first-order valence-corrected chi connectivity index (χ1v) is 5.80. The van der Waals surface area contributed by atoms with Crippen LogP contribution in [0.5, 0.6) is 0 Å². The normalized spacial score (nSPS) is 13.7. The molecule has 1 nitrogen and oxygen atoms in total. The minimum Gasteiger partial charge on any atom is -0.388 e. The molecule has 1 aromatic carbocycles. The highest BCUT2D eigenvalue weighted by Crippen LogP contribution is 2.30. The molecule has 1 rings (SSSR count). The van der Waals surface area contributed by atoms with Crippen LogP contribution in [0.4, 0.5) is 13.2 Å². The molecular weight excluding hydrogens is 229 g/mol. The van der Waals surface area contributed by atoms with Gasteiger partial charge in [0.15, 0.2) is 0 Å². The van der Waals surface area contributed by atoms with Crippen LogP contribution in [0.3, 0.4) is 0 Å². The molecule has 0 fully saturated rings. The van der Waals surface area contributed by atoms with Crippen molar-refractivity contribution in [3.05, 3.63) is 35.4 Å². The van der Waals surface area contributed by atoms with Crippen LogP contribution in [0.2, 0.25) is 0 Å². The number of halogens is 3. The molecule has 0 spiro atoms. The molecule has 0 saturated carbocycles. The van der Waals surface area contributed by atoms with Crippen molar-refractivity contribution < 1.29 is 18.3 Å². The molecule has 0 aliphatic rings. The predicted molar refractivity (Wildman–Crippen MR) is 60.5 cm³/mol. The van der Waals surface area contributed by atoms with Crippen LogP contribution in [0, 0.1) is 0 Å². The van der Waals surface area contributed by atoms with Gasteiger partial charge in [0.1, 0.15) is 0 Å². The van der Waals surface area contributed by atoms with E-state index < -0.39 is 17.8 Å². The van der Waals surface area contributed by atoms with Gasteiger partial charge in [0, 0.05) is 0 Å². The van der Waals surface area contributed by atoms with Gasteiger partial charge in [-0.05, 0) is 24.1 Å². The lowest BCUT2D eigenvalue weighted by molar-refractivity contribution is -0.137. The summed E-state index contributed by atoms with van der Waals surface area (Å²) >= 11 is 0. The van der Waals surface area contributed by atoms with Gasteiger partial charge in [-0.2, -0.15) is 13.2 Å². The van der Waals surface area contributed by atoms with E-state index in [0.717, 1.165) is 31.4 Å². The summed E-state index contributed by atoms with van der Waals surface area (Å²) in [6.45, 7) is 2.06. The predicted octanol–water partition coefficient (Wildman–Crippen LogP) is 4.32. The summed E-state index contributed by atoms with van der Waals surface area (Å²) in [6.07, 6.45) is -1.41. The summed E-state index contributed by atoms with van der Waals surface area (Å²) in [7, 11) is 0. The molecule has 4 heteroatoms. The Labute approximate surface area is 99.3 Å². The number of aliphatic hydroxyl groups excluding tert-OH is 1. The first-order chi connectivity index (χ1) is 7.95. The van der Waals surface area contributed by atoms with Crippen LogP contribution in [0.15, 0.2) is 24.3 Å². The number of unbranched alkanes of at least 4 members (excludes halogenated alkanes) is 2. The van der Waals surface area contributed by atoms with Gasteiger partial charge < -0.3 is 5.11 Å². The van der Waals surface area contributed by atoms with Crippen LogP contribution >= 0.6 is 0 Å². The second-order valence-electron chi connectivity index (χ2n) is 4.13. The maximum Gasteiger partial charge on any atom is 0.416 e. The summed E-state index contributed by atoms with van der Waals surface area (Å²) in [5, 5.41) is 9.76. The molecule has 0 bridgehead atoms. The Morgan fingerprint density at radius 2 is 1.71 bits per heavy atom. The molecule has 1 N–H and O–H groups in total. The van der Waals surface area contributed by atoms with E-state index in [1.165, 1.54) is 12.1 Å². The summed E-state index contributed by atoms with van der Waals surface area (Å²) in [5.74, 6) is 0. The zero-order valence-electron chi connectivity index (χ0n) is 9.80. The van der Waals surface area contributed by atoms with Gasteiger partial charge in [-0.25, -0.2) is 0 Å². The quantitative estimate of drug-likeness (QED) is 0.767. The molecule has 0 unspecified atom stereocenters. The van der Waals surface area contributed by atoms with Crippen molar-refractivity contribution in [3.8, 4) is 0 Å². The van der Waals surface area contributed by atoms with E-state index in [0.29, 0.717) is 12.0 Å². The van der Waals surface area contributed by atoms with Crippen molar-refractivity contribution in [2.75, 3.05) is 0 Å². The van der Waals surface area contributed by atoms with Crippen LogP contribution in [0.1, 0.15) is 49.8 Å². The first-order valence-electron chi connectivity index (χ1n) is 5.80. The Kier molecular flexibility index (Phi) is 5.00. The molecule has 1 atom stereocenters. The summed E-state index contributed by atoms with van der Waals surface area (Å²) in [5.41, 5.74) is -0.129. The van der Waals surface area contributed by atoms with Gasteiger partial charge in [0.2, 0.25) is 0 Å². The third kappa shape index (κ3) is 4.38. The number of aliphatic hydroxyl groups is 1. The van der Waals surface area contributed by atoms with E-state index in [4.69, 9.17) is 0 Å². The zero-order chi connectivity index (χ0) is 12.9. The molecule has 1 aromatic rings. The highest BCUT2D eigenvalue weighted by molar-refractivity contribution is 5.25. The van der Waals surface area contributed by atoms with Gasteiger partial charge in [0.25, 0.3) is 0 Å². The number of benzene rings is 1. The smallest absolute Gasteiger partial charge is 0.388 e. The second kappa shape index (κ2) is 6.05. The number of rotatable bonds is 5. The molecule has 0 amide bonds. The summed E-state index contributed by atoms with van der Waals surface area (Å²) in [6, 6.07) is 4.72. The molecule has 0 radical (unpaired) electrons. The fraction of sp³-hybridized carbons (Fsp3) is 0.538. The fourth-order valence-electron chi connectivity index (χ4n) is 1.65.